The smallest absolute Gasteiger partial charge is 0.237 e. The van der Waals surface area contributed by atoms with E-state index in [1.165, 1.54) is 18.2 Å². The molecule has 1 atom stereocenters. The predicted molar refractivity (Wildman–Crippen MR) is 118 cm³/mol. The molecule has 0 amide bonds. The van der Waals surface area contributed by atoms with Crippen molar-refractivity contribution in [2.24, 2.45) is 0 Å². The zero-order valence-electron chi connectivity index (χ0n) is 16.5. The zero-order chi connectivity index (χ0) is 21.5. The second kappa shape index (κ2) is 10.0. The van der Waals surface area contributed by atoms with E-state index in [1.807, 2.05) is 16.9 Å². The molecule has 0 unspecified atom stereocenters. The van der Waals surface area contributed by atoms with Gasteiger partial charge >= 0.3 is 0 Å². The first kappa shape index (κ1) is 21.5. The zero-order valence-corrected chi connectivity index (χ0v) is 17.3. The maximum absolute atomic E-state index is 13.5. The van der Waals surface area contributed by atoms with Crippen LogP contribution in [-0.2, 0) is 11.3 Å². The number of aliphatic hydroxyl groups excluding tert-OH is 1. The molecule has 154 valence electrons. The first-order valence-corrected chi connectivity index (χ1v) is 10.6. The van der Waals surface area contributed by atoms with E-state index in [-0.39, 0.29) is 11.7 Å². The number of halogens is 1. The van der Waals surface area contributed by atoms with Crippen LogP contribution in [0.4, 0.5) is 4.39 Å². The summed E-state index contributed by atoms with van der Waals surface area (Å²) in [4.78, 5) is 16.8. The number of nitrogens with zero attached hydrogens (tertiary/aromatic N) is 2. The monoisotopic (exact) mass is 423 g/mol. The fraction of sp³-hybridized carbons (Fsp3) is 0.174. The largest absolute Gasteiger partial charge is 0.504 e. The van der Waals surface area contributed by atoms with Crippen LogP contribution in [0, 0.1) is 11.2 Å². The van der Waals surface area contributed by atoms with Crippen LogP contribution in [-0.4, -0.2) is 32.9 Å². The van der Waals surface area contributed by atoms with Gasteiger partial charge in [-0.2, -0.15) is 0 Å². The highest BCUT2D eigenvalue weighted by atomic mass is 32.2. The molecule has 7 heteroatoms. The Morgan fingerprint density at radius 3 is 2.73 bits per heavy atom. The Kier molecular flexibility index (Phi) is 7.19. The highest BCUT2D eigenvalue weighted by Crippen LogP contribution is 2.31. The summed E-state index contributed by atoms with van der Waals surface area (Å²) in [6.07, 6.45) is 7.92. The SMILES string of the molecule is CSc1cccc([C@@H](CCn2ccnc2/C=C(\O)C(=O)C=N)c2ccc(F)cc2)c1. The molecule has 30 heavy (non-hydrogen) atoms. The number of aryl methyl sites for hydroxylation is 1. The number of ketones is 1. The van der Waals surface area contributed by atoms with E-state index in [9.17, 15) is 14.3 Å². The van der Waals surface area contributed by atoms with Gasteiger partial charge in [-0.25, -0.2) is 9.37 Å². The fourth-order valence-corrected chi connectivity index (χ4v) is 3.73. The molecule has 0 aliphatic rings. The lowest BCUT2D eigenvalue weighted by atomic mass is 9.88. The molecule has 0 saturated heterocycles. The molecule has 5 nitrogen and oxygen atoms in total. The van der Waals surface area contributed by atoms with Gasteiger partial charge in [0.1, 0.15) is 11.6 Å². The lowest BCUT2D eigenvalue weighted by Gasteiger charge is -2.19. The molecule has 0 saturated carbocycles. The first-order chi connectivity index (χ1) is 14.5. The number of aromatic nitrogens is 2. The average molecular weight is 424 g/mol. The maximum atomic E-state index is 13.5. The van der Waals surface area contributed by atoms with Crippen molar-refractivity contribution in [3.8, 4) is 0 Å². The lowest BCUT2D eigenvalue weighted by Crippen LogP contribution is -2.09. The lowest BCUT2D eigenvalue weighted by molar-refractivity contribution is -0.111. The number of allylic oxidation sites excluding steroid dienone is 1. The van der Waals surface area contributed by atoms with Crippen LogP contribution in [0.15, 0.2) is 71.6 Å². The molecule has 1 aromatic heterocycles. The summed E-state index contributed by atoms with van der Waals surface area (Å²) in [6, 6.07) is 14.8. The Bertz CT molecular complexity index is 1060. The third-order valence-corrected chi connectivity index (χ3v) is 5.55. The van der Waals surface area contributed by atoms with Crippen molar-refractivity contribution in [2.75, 3.05) is 6.26 Å². The molecular formula is C23H22FN3O2S. The summed E-state index contributed by atoms with van der Waals surface area (Å²) < 4.78 is 15.3. The molecule has 0 fully saturated rings. The van der Waals surface area contributed by atoms with Crippen LogP contribution in [0.25, 0.3) is 6.08 Å². The minimum Gasteiger partial charge on any atom is -0.504 e. The predicted octanol–water partition coefficient (Wildman–Crippen LogP) is 5.08. The Morgan fingerprint density at radius 2 is 2.03 bits per heavy atom. The van der Waals surface area contributed by atoms with E-state index in [0.717, 1.165) is 16.0 Å². The number of thioether (sulfide) groups is 1. The van der Waals surface area contributed by atoms with E-state index < -0.39 is 11.5 Å². The summed E-state index contributed by atoms with van der Waals surface area (Å²) in [7, 11) is 0. The molecule has 0 radical (unpaired) electrons. The van der Waals surface area contributed by atoms with Crippen LogP contribution >= 0.6 is 11.8 Å². The van der Waals surface area contributed by atoms with Crippen molar-refractivity contribution in [3.63, 3.8) is 0 Å². The third-order valence-electron chi connectivity index (χ3n) is 4.82. The van der Waals surface area contributed by atoms with Crippen LogP contribution in [0.1, 0.15) is 29.3 Å². The van der Waals surface area contributed by atoms with Crippen molar-refractivity contribution in [2.45, 2.75) is 23.8 Å². The molecule has 3 rings (SSSR count). The van der Waals surface area contributed by atoms with Gasteiger partial charge in [0, 0.05) is 35.8 Å². The number of carbonyl (C=O) groups is 1. The molecule has 2 N–H and O–H groups in total. The van der Waals surface area contributed by atoms with Crippen molar-refractivity contribution in [1.29, 1.82) is 5.41 Å². The molecule has 2 aromatic carbocycles. The normalized spacial score (nSPS) is 12.5. The molecule has 0 bridgehead atoms. The molecule has 1 heterocycles. The van der Waals surface area contributed by atoms with E-state index in [0.29, 0.717) is 25.0 Å². The molecule has 0 aliphatic heterocycles. The summed E-state index contributed by atoms with van der Waals surface area (Å²) >= 11 is 1.67. The van der Waals surface area contributed by atoms with Crippen LogP contribution < -0.4 is 0 Å². The maximum Gasteiger partial charge on any atom is 0.237 e. The standard InChI is InChI=1S/C23H22FN3O2S/c1-30-19-4-2-3-17(13-19)20(16-5-7-18(24)8-6-16)9-11-27-12-10-26-23(27)14-21(28)22(29)15-25/h2-8,10,12-15,20,25,28H,9,11H2,1H3/b21-14-,25-15?/t20-/m0/s1. The van der Waals surface area contributed by atoms with E-state index >= 15 is 0 Å². The minimum atomic E-state index is -0.775. The Balaban J connectivity index is 1.88. The molecule has 0 spiro atoms. The molecule has 3 aromatic rings. The van der Waals surface area contributed by atoms with Gasteiger partial charge in [-0.3, -0.25) is 4.79 Å². The quantitative estimate of drug-likeness (QED) is 0.218. The van der Waals surface area contributed by atoms with Gasteiger partial charge in [0.2, 0.25) is 5.78 Å². The second-order valence-corrected chi connectivity index (χ2v) is 7.57. The number of carbonyl (C=O) groups excluding carboxylic acids is 1. The highest BCUT2D eigenvalue weighted by Gasteiger charge is 2.16. The van der Waals surface area contributed by atoms with Crippen LogP contribution in [0.3, 0.4) is 0 Å². The van der Waals surface area contributed by atoms with Gasteiger partial charge in [0.25, 0.3) is 0 Å². The molecule has 0 aliphatic carbocycles. The third kappa shape index (κ3) is 5.24. The van der Waals surface area contributed by atoms with Crippen molar-refractivity contribution in [1.82, 2.24) is 9.55 Å². The summed E-state index contributed by atoms with van der Waals surface area (Å²) in [6.45, 7) is 0.573. The number of nitrogens with one attached hydrogen (secondary N) is 1. The summed E-state index contributed by atoms with van der Waals surface area (Å²) in [5, 5.41) is 16.8. The van der Waals surface area contributed by atoms with Gasteiger partial charge < -0.3 is 15.1 Å². The number of imidazole rings is 1. The Morgan fingerprint density at radius 1 is 1.27 bits per heavy atom. The first-order valence-electron chi connectivity index (χ1n) is 9.38. The Hall–Kier alpha value is -3.19. The number of hydrogen-bond donors (Lipinski definition) is 2. The topological polar surface area (TPSA) is 79.0 Å². The van der Waals surface area contributed by atoms with Gasteiger partial charge in [-0.1, -0.05) is 24.3 Å². The Labute approximate surface area is 178 Å². The van der Waals surface area contributed by atoms with Crippen molar-refractivity contribution < 1.29 is 14.3 Å². The highest BCUT2D eigenvalue weighted by molar-refractivity contribution is 7.98. The number of aliphatic hydroxyl groups is 1. The number of hydrogen-bond acceptors (Lipinski definition) is 5. The van der Waals surface area contributed by atoms with Crippen molar-refractivity contribution >= 4 is 29.8 Å². The summed E-state index contributed by atoms with van der Waals surface area (Å²) in [5.41, 5.74) is 2.14. The number of benzene rings is 2. The number of rotatable bonds is 9. The molecular weight excluding hydrogens is 401 g/mol. The second-order valence-electron chi connectivity index (χ2n) is 6.69. The van der Waals surface area contributed by atoms with Crippen LogP contribution in [0.2, 0.25) is 0 Å². The van der Waals surface area contributed by atoms with E-state index in [4.69, 9.17) is 5.41 Å². The van der Waals surface area contributed by atoms with Crippen molar-refractivity contribution in [3.05, 3.63) is 89.5 Å². The summed E-state index contributed by atoms with van der Waals surface area (Å²) in [5.74, 6) is -1.11. The minimum absolute atomic E-state index is 0.0359. The van der Waals surface area contributed by atoms with E-state index in [2.05, 4.69) is 23.2 Å². The fourth-order valence-electron chi connectivity index (χ4n) is 3.26. The van der Waals surface area contributed by atoms with Gasteiger partial charge in [0.05, 0.1) is 6.21 Å². The van der Waals surface area contributed by atoms with Gasteiger partial charge in [0.15, 0.2) is 5.76 Å². The van der Waals surface area contributed by atoms with Gasteiger partial charge in [-0.05, 0) is 48.1 Å². The average Bonchev–Trinajstić information content (AvgIpc) is 3.21. The van der Waals surface area contributed by atoms with E-state index in [1.54, 1.807) is 36.3 Å². The number of Topliss-reactive ketones (excluding diaryl/α,β-unsaturated/α-hetero) is 1. The van der Waals surface area contributed by atoms with Crippen LogP contribution in [0.5, 0.6) is 0 Å². The van der Waals surface area contributed by atoms with Gasteiger partial charge in [-0.15, -0.1) is 11.8 Å².